The average Bonchev–Trinajstić information content (AvgIpc) is 2.62. The molecule has 0 bridgehead atoms. The molecule has 0 spiro atoms. The summed E-state index contributed by atoms with van der Waals surface area (Å²) in [6, 6.07) is 19.4. The molecule has 3 atom stereocenters. The van der Waals surface area contributed by atoms with Crippen molar-refractivity contribution in [2.45, 2.75) is 38.0 Å². The average molecular weight is 324 g/mol. The minimum absolute atomic E-state index is 0.0946. The minimum Gasteiger partial charge on any atom is -0.386 e. The van der Waals surface area contributed by atoms with Crippen LogP contribution in [-0.2, 0) is 4.79 Å². The maximum absolute atomic E-state index is 12.5. The van der Waals surface area contributed by atoms with Crippen molar-refractivity contribution in [3.63, 3.8) is 0 Å². The number of carbonyl (C=O) groups is 1. The summed E-state index contributed by atoms with van der Waals surface area (Å²) in [5, 5.41) is 14.0. The quantitative estimate of drug-likeness (QED) is 0.888. The number of benzene rings is 2. The second-order valence-corrected chi connectivity index (χ2v) is 6.38. The van der Waals surface area contributed by atoms with Crippen molar-refractivity contribution in [2.75, 3.05) is 11.9 Å². The lowest BCUT2D eigenvalue weighted by Crippen LogP contribution is -2.49. The van der Waals surface area contributed by atoms with Crippen LogP contribution in [0.2, 0.25) is 0 Å². The summed E-state index contributed by atoms with van der Waals surface area (Å²) in [4.78, 5) is 14.4. The second kappa shape index (κ2) is 7.49. The van der Waals surface area contributed by atoms with Gasteiger partial charge in [0.15, 0.2) is 0 Å². The smallest absolute Gasteiger partial charge is 0.224 e. The Morgan fingerprint density at radius 2 is 1.71 bits per heavy atom. The molecule has 1 fully saturated rings. The zero-order valence-corrected chi connectivity index (χ0v) is 13.9. The van der Waals surface area contributed by atoms with Crippen LogP contribution < -0.4 is 5.32 Å². The maximum atomic E-state index is 12.5. The Bertz CT molecular complexity index is 660. The van der Waals surface area contributed by atoms with Crippen molar-refractivity contribution in [2.24, 2.45) is 0 Å². The van der Waals surface area contributed by atoms with E-state index < -0.39 is 6.10 Å². The van der Waals surface area contributed by atoms with Crippen LogP contribution in [-0.4, -0.2) is 34.5 Å². The van der Waals surface area contributed by atoms with Crippen molar-refractivity contribution in [1.29, 1.82) is 0 Å². The van der Waals surface area contributed by atoms with Gasteiger partial charge in [-0.1, -0.05) is 48.5 Å². The van der Waals surface area contributed by atoms with Crippen LogP contribution in [0.5, 0.6) is 0 Å². The van der Waals surface area contributed by atoms with Gasteiger partial charge in [0.25, 0.3) is 0 Å². The molecule has 0 aliphatic carbocycles. The minimum atomic E-state index is -0.659. The number of rotatable bonds is 5. The number of amides is 1. The summed E-state index contributed by atoms with van der Waals surface area (Å²) in [5.41, 5.74) is 1.89. The summed E-state index contributed by atoms with van der Waals surface area (Å²) < 4.78 is 0. The molecule has 126 valence electrons. The summed E-state index contributed by atoms with van der Waals surface area (Å²) in [6.45, 7) is 2.58. The molecule has 1 amide bonds. The number of anilines is 1. The third kappa shape index (κ3) is 3.77. The Balaban J connectivity index is 1.60. The Morgan fingerprint density at radius 3 is 2.33 bits per heavy atom. The van der Waals surface area contributed by atoms with Crippen molar-refractivity contribution < 1.29 is 9.90 Å². The molecule has 1 aliphatic heterocycles. The van der Waals surface area contributed by atoms with Gasteiger partial charge in [0.1, 0.15) is 0 Å². The maximum Gasteiger partial charge on any atom is 0.224 e. The number of carbonyl (C=O) groups excluding carboxylic acids is 1. The molecule has 24 heavy (non-hydrogen) atoms. The SMILES string of the molecule is C[C@H]([C@@H](O)c1ccccc1)N1CC[C@H](Nc2ccccc2)CC1=O. The normalized spacial score (nSPS) is 20.5. The monoisotopic (exact) mass is 324 g/mol. The number of hydrogen-bond acceptors (Lipinski definition) is 3. The number of nitrogens with one attached hydrogen (secondary N) is 1. The lowest BCUT2D eigenvalue weighted by Gasteiger charge is -2.38. The summed E-state index contributed by atoms with van der Waals surface area (Å²) in [6.07, 6.45) is 0.682. The topological polar surface area (TPSA) is 52.6 Å². The molecule has 0 aromatic heterocycles. The van der Waals surface area contributed by atoms with Crippen LogP contribution in [0.3, 0.4) is 0 Å². The van der Waals surface area contributed by atoms with Gasteiger partial charge in [-0.05, 0) is 31.0 Å². The molecule has 4 heteroatoms. The number of para-hydroxylation sites is 1. The van der Waals surface area contributed by atoms with Crippen LogP contribution in [0.15, 0.2) is 60.7 Å². The first-order chi connectivity index (χ1) is 11.6. The van der Waals surface area contributed by atoms with Gasteiger partial charge in [0.2, 0.25) is 5.91 Å². The number of nitrogens with zero attached hydrogens (tertiary/aromatic N) is 1. The largest absolute Gasteiger partial charge is 0.386 e. The van der Waals surface area contributed by atoms with Crippen LogP contribution in [0.25, 0.3) is 0 Å². The number of aliphatic hydroxyl groups is 1. The Morgan fingerprint density at radius 1 is 1.08 bits per heavy atom. The molecule has 2 aromatic carbocycles. The van der Waals surface area contributed by atoms with E-state index in [1.807, 2.05) is 67.6 Å². The van der Waals surface area contributed by atoms with E-state index in [1.54, 1.807) is 4.90 Å². The van der Waals surface area contributed by atoms with Gasteiger partial charge < -0.3 is 15.3 Å². The molecule has 1 saturated heterocycles. The van der Waals surface area contributed by atoms with Gasteiger partial charge in [0.05, 0.1) is 12.1 Å². The highest BCUT2D eigenvalue weighted by atomic mass is 16.3. The van der Waals surface area contributed by atoms with Crippen molar-refractivity contribution >= 4 is 11.6 Å². The van der Waals surface area contributed by atoms with Crippen LogP contribution >= 0.6 is 0 Å². The van der Waals surface area contributed by atoms with Crippen molar-refractivity contribution in [1.82, 2.24) is 4.90 Å². The molecule has 2 N–H and O–H groups in total. The highest BCUT2D eigenvalue weighted by Gasteiger charge is 2.32. The number of likely N-dealkylation sites (tertiary alicyclic amines) is 1. The highest BCUT2D eigenvalue weighted by Crippen LogP contribution is 2.25. The van der Waals surface area contributed by atoms with E-state index in [9.17, 15) is 9.90 Å². The molecule has 1 heterocycles. The molecule has 1 aliphatic rings. The van der Waals surface area contributed by atoms with E-state index in [-0.39, 0.29) is 18.0 Å². The van der Waals surface area contributed by atoms with Gasteiger partial charge in [-0.3, -0.25) is 4.79 Å². The highest BCUT2D eigenvalue weighted by molar-refractivity contribution is 5.78. The van der Waals surface area contributed by atoms with E-state index in [0.717, 1.165) is 17.7 Å². The lowest BCUT2D eigenvalue weighted by atomic mass is 9.97. The van der Waals surface area contributed by atoms with Crippen LogP contribution in [0.4, 0.5) is 5.69 Å². The number of hydrogen-bond donors (Lipinski definition) is 2. The predicted molar refractivity (Wildman–Crippen MR) is 95.7 cm³/mol. The van der Waals surface area contributed by atoms with Gasteiger partial charge in [-0.25, -0.2) is 0 Å². The summed E-state index contributed by atoms with van der Waals surface area (Å²) in [7, 11) is 0. The molecule has 2 aromatic rings. The fourth-order valence-electron chi connectivity index (χ4n) is 3.27. The zero-order chi connectivity index (χ0) is 16.9. The van der Waals surface area contributed by atoms with Crippen molar-refractivity contribution in [3.8, 4) is 0 Å². The fraction of sp³-hybridized carbons (Fsp3) is 0.350. The Hall–Kier alpha value is -2.33. The molecular weight excluding hydrogens is 300 g/mol. The molecular formula is C20H24N2O2. The third-order valence-corrected chi connectivity index (χ3v) is 4.69. The molecule has 4 nitrogen and oxygen atoms in total. The molecule has 3 rings (SSSR count). The Labute approximate surface area is 143 Å². The van der Waals surface area contributed by atoms with Crippen LogP contribution in [0.1, 0.15) is 31.4 Å². The zero-order valence-electron chi connectivity index (χ0n) is 13.9. The fourth-order valence-corrected chi connectivity index (χ4v) is 3.27. The van der Waals surface area contributed by atoms with Gasteiger partial charge in [-0.15, -0.1) is 0 Å². The van der Waals surface area contributed by atoms with Crippen molar-refractivity contribution in [3.05, 3.63) is 66.2 Å². The summed E-state index contributed by atoms with van der Waals surface area (Å²) >= 11 is 0. The van der Waals surface area contributed by atoms with Gasteiger partial charge in [0, 0.05) is 24.7 Å². The van der Waals surface area contributed by atoms with E-state index >= 15 is 0 Å². The van der Waals surface area contributed by atoms with Gasteiger partial charge >= 0.3 is 0 Å². The van der Waals surface area contributed by atoms with E-state index in [1.165, 1.54) is 0 Å². The first-order valence-electron chi connectivity index (χ1n) is 8.49. The number of piperidine rings is 1. The number of aliphatic hydroxyl groups excluding tert-OH is 1. The first-order valence-corrected chi connectivity index (χ1v) is 8.49. The first kappa shape index (κ1) is 16.5. The standard InChI is InChI=1S/C20H24N2O2/c1-15(20(24)16-8-4-2-5-9-16)22-13-12-18(14-19(22)23)21-17-10-6-3-7-11-17/h2-11,15,18,20-21,24H,12-14H2,1H3/t15-,18+,20-/m1/s1. The van der Waals surface area contributed by atoms with Gasteiger partial charge in [-0.2, -0.15) is 0 Å². The lowest BCUT2D eigenvalue weighted by molar-refractivity contribution is -0.138. The molecule has 0 saturated carbocycles. The van der Waals surface area contributed by atoms with E-state index in [4.69, 9.17) is 0 Å². The molecule has 0 radical (unpaired) electrons. The van der Waals surface area contributed by atoms with E-state index in [0.29, 0.717) is 13.0 Å². The Kier molecular flexibility index (Phi) is 5.16. The second-order valence-electron chi connectivity index (χ2n) is 6.38. The van der Waals surface area contributed by atoms with Crippen LogP contribution in [0, 0.1) is 0 Å². The molecule has 0 unspecified atom stereocenters. The van der Waals surface area contributed by atoms with E-state index in [2.05, 4.69) is 5.32 Å². The summed E-state index contributed by atoms with van der Waals surface area (Å²) in [5.74, 6) is 0.0946. The third-order valence-electron chi connectivity index (χ3n) is 4.69. The predicted octanol–water partition coefficient (Wildman–Crippen LogP) is 3.21.